The third-order valence-corrected chi connectivity index (χ3v) is 5.34. The quantitative estimate of drug-likeness (QED) is 0.837. The van der Waals surface area contributed by atoms with E-state index in [1.54, 1.807) is 0 Å². The minimum atomic E-state index is 0.0897. The molecule has 0 aromatic heterocycles. The Morgan fingerprint density at radius 2 is 1.64 bits per heavy atom. The minimum Gasteiger partial charge on any atom is -0.335 e. The van der Waals surface area contributed by atoms with Crippen LogP contribution in [0.4, 0.5) is 4.79 Å². The summed E-state index contributed by atoms with van der Waals surface area (Å²) in [6.07, 6.45) is 6.54. The molecule has 1 aromatic rings. The first kappa shape index (κ1) is 17.9. The smallest absolute Gasteiger partial charge is 0.317 e. The summed E-state index contributed by atoms with van der Waals surface area (Å²) in [6, 6.07) is 9.92. The van der Waals surface area contributed by atoms with Crippen molar-refractivity contribution in [3.05, 3.63) is 35.9 Å². The van der Waals surface area contributed by atoms with Gasteiger partial charge in [0.1, 0.15) is 0 Å². The van der Waals surface area contributed by atoms with Crippen molar-refractivity contribution in [2.75, 3.05) is 32.7 Å². The molecule has 1 aliphatic carbocycles. The highest BCUT2D eigenvalue weighted by Gasteiger charge is 2.24. The second-order valence-corrected chi connectivity index (χ2v) is 7.15. The Labute approximate surface area is 150 Å². The number of piperazine rings is 1. The molecular formula is C20H29N3O2. The Balaban J connectivity index is 1.36. The summed E-state index contributed by atoms with van der Waals surface area (Å²) in [4.78, 5) is 28.8. The van der Waals surface area contributed by atoms with Crippen molar-refractivity contribution in [1.29, 1.82) is 0 Å². The number of benzene rings is 1. The van der Waals surface area contributed by atoms with Gasteiger partial charge in [-0.2, -0.15) is 0 Å². The lowest BCUT2D eigenvalue weighted by Gasteiger charge is -2.36. The van der Waals surface area contributed by atoms with Crippen LogP contribution in [0.1, 0.15) is 48.9 Å². The molecule has 0 atom stereocenters. The van der Waals surface area contributed by atoms with E-state index in [4.69, 9.17) is 0 Å². The summed E-state index contributed by atoms with van der Waals surface area (Å²) in [5.74, 6) is 0.193. The zero-order valence-corrected chi connectivity index (χ0v) is 15.0. The molecule has 1 saturated heterocycles. The molecule has 1 saturated carbocycles. The second-order valence-electron chi connectivity index (χ2n) is 7.15. The number of nitrogens with one attached hydrogen (secondary N) is 1. The fraction of sp³-hybridized carbons (Fsp3) is 0.600. The third-order valence-electron chi connectivity index (χ3n) is 5.34. The van der Waals surface area contributed by atoms with Gasteiger partial charge in [-0.3, -0.25) is 9.69 Å². The molecule has 136 valence electrons. The molecule has 1 aliphatic heterocycles. The predicted molar refractivity (Wildman–Crippen MR) is 98.8 cm³/mol. The van der Waals surface area contributed by atoms with Crippen LogP contribution in [0.3, 0.4) is 0 Å². The highest BCUT2D eigenvalue weighted by Crippen LogP contribution is 2.17. The molecular weight excluding hydrogens is 314 g/mol. The third kappa shape index (κ3) is 5.30. The van der Waals surface area contributed by atoms with Gasteiger partial charge in [0, 0.05) is 50.7 Å². The maximum Gasteiger partial charge on any atom is 0.317 e. The van der Waals surface area contributed by atoms with Gasteiger partial charge in [-0.05, 0) is 12.8 Å². The van der Waals surface area contributed by atoms with Crippen molar-refractivity contribution >= 4 is 11.8 Å². The summed E-state index contributed by atoms with van der Waals surface area (Å²) in [5, 5.41) is 3.19. The van der Waals surface area contributed by atoms with Gasteiger partial charge in [0.15, 0.2) is 5.78 Å². The maximum absolute atomic E-state index is 12.4. The van der Waals surface area contributed by atoms with E-state index in [1.165, 1.54) is 19.3 Å². The fourth-order valence-corrected chi connectivity index (χ4v) is 3.72. The van der Waals surface area contributed by atoms with E-state index in [1.807, 2.05) is 35.2 Å². The van der Waals surface area contributed by atoms with E-state index in [2.05, 4.69) is 10.2 Å². The minimum absolute atomic E-state index is 0.0897. The molecule has 2 aliphatic rings. The lowest BCUT2D eigenvalue weighted by Crippen LogP contribution is -2.53. The molecule has 1 aromatic carbocycles. The molecule has 3 rings (SSSR count). The van der Waals surface area contributed by atoms with E-state index in [0.29, 0.717) is 12.5 Å². The number of ketones is 1. The van der Waals surface area contributed by atoms with Crippen molar-refractivity contribution in [1.82, 2.24) is 15.1 Å². The molecule has 1 N–H and O–H groups in total. The van der Waals surface area contributed by atoms with E-state index >= 15 is 0 Å². The van der Waals surface area contributed by atoms with Gasteiger partial charge in [0.25, 0.3) is 0 Å². The molecule has 25 heavy (non-hydrogen) atoms. The number of nitrogens with zero attached hydrogens (tertiary/aromatic N) is 2. The van der Waals surface area contributed by atoms with Crippen LogP contribution in [0.2, 0.25) is 0 Å². The number of urea groups is 1. The van der Waals surface area contributed by atoms with Crippen LogP contribution < -0.4 is 5.32 Å². The van der Waals surface area contributed by atoms with Gasteiger partial charge < -0.3 is 10.2 Å². The Morgan fingerprint density at radius 1 is 0.960 bits per heavy atom. The monoisotopic (exact) mass is 343 g/mol. The molecule has 0 spiro atoms. The average Bonchev–Trinajstić information content (AvgIpc) is 2.68. The second kappa shape index (κ2) is 8.99. The normalized spacial score (nSPS) is 19.6. The van der Waals surface area contributed by atoms with Crippen molar-refractivity contribution in [3.63, 3.8) is 0 Å². The number of carbonyl (C=O) groups excluding carboxylic acids is 2. The molecule has 1 heterocycles. The summed E-state index contributed by atoms with van der Waals surface area (Å²) in [6.45, 7) is 3.96. The van der Waals surface area contributed by atoms with Crippen LogP contribution in [0.5, 0.6) is 0 Å². The van der Waals surface area contributed by atoms with Gasteiger partial charge >= 0.3 is 6.03 Å². The Hall–Kier alpha value is -1.88. The van der Waals surface area contributed by atoms with Gasteiger partial charge in [0.05, 0.1) is 0 Å². The van der Waals surface area contributed by atoms with Crippen LogP contribution in [-0.2, 0) is 0 Å². The van der Waals surface area contributed by atoms with Crippen molar-refractivity contribution in [2.24, 2.45) is 0 Å². The van der Waals surface area contributed by atoms with Gasteiger partial charge in [0.2, 0.25) is 0 Å². The van der Waals surface area contributed by atoms with E-state index in [9.17, 15) is 9.59 Å². The Bertz CT molecular complexity index is 562. The molecule has 2 fully saturated rings. The molecule has 0 unspecified atom stereocenters. The summed E-state index contributed by atoms with van der Waals surface area (Å²) < 4.78 is 0. The van der Waals surface area contributed by atoms with Gasteiger partial charge in [-0.15, -0.1) is 0 Å². The Kier molecular flexibility index (Phi) is 6.45. The summed E-state index contributed by atoms with van der Waals surface area (Å²) in [7, 11) is 0. The van der Waals surface area contributed by atoms with Crippen molar-refractivity contribution in [3.8, 4) is 0 Å². The summed E-state index contributed by atoms with van der Waals surface area (Å²) >= 11 is 0. The lowest BCUT2D eigenvalue weighted by atomic mass is 9.96. The highest BCUT2D eigenvalue weighted by atomic mass is 16.2. The number of carbonyl (C=O) groups is 2. The van der Waals surface area contributed by atoms with Gasteiger partial charge in [-0.1, -0.05) is 49.6 Å². The van der Waals surface area contributed by atoms with Crippen LogP contribution in [0.25, 0.3) is 0 Å². The van der Waals surface area contributed by atoms with E-state index < -0.39 is 0 Å². The first-order valence-electron chi connectivity index (χ1n) is 9.58. The number of hydrogen-bond donors (Lipinski definition) is 1. The van der Waals surface area contributed by atoms with Gasteiger partial charge in [-0.25, -0.2) is 4.79 Å². The zero-order valence-electron chi connectivity index (χ0n) is 15.0. The Morgan fingerprint density at radius 3 is 2.32 bits per heavy atom. The van der Waals surface area contributed by atoms with Crippen LogP contribution in [0.15, 0.2) is 30.3 Å². The number of amides is 2. The van der Waals surface area contributed by atoms with Crippen LogP contribution in [-0.4, -0.2) is 60.4 Å². The molecule has 5 nitrogen and oxygen atoms in total. The summed E-state index contributed by atoms with van der Waals surface area (Å²) in [5.41, 5.74) is 0.785. The predicted octanol–water partition coefficient (Wildman–Crippen LogP) is 2.92. The van der Waals surface area contributed by atoms with Crippen molar-refractivity contribution < 1.29 is 9.59 Å². The number of Topliss-reactive ketones (excluding diaryl/α,β-unsaturated/α-hetero) is 1. The lowest BCUT2D eigenvalue weighted by molar-refractivity contribution is 0.0937. The molecule has 5 heteroatoms. The number of hydrogen-bond acceptors (Lipinski definition) is 3. The molecule has 2 amide bonds. The first-order chi connectivity index (χ1) is 12.2. The largest absolute Gasteiger partial charge is 0.335 e. The molecule has 0 bridgehead atoms. The fourth-order valence-electron chi connectivity index (χ4n) is 3.72. The van der Waals surface area contributed by atoms with E-state index in [0.717, 1.165) is 51.1 Å². The van der Waals surface area contributed by atoms with Crippen molar-refractivity contribution in [2.45, 2.75) is 44.6 Å². The maximum atomic E-state index is 12.4. The number of rotatable bonds is 5. The van der Waals surface area contributed by atoms with E-state index in [-0.39, 0.29) is 11.8 Å². The van der Waals surface area contributed by atoms with Crippen LogP contribution >= 0.6 is 0 Å². The zero-order chi connectivity index (χ0) is 17.5. The SMILES string of the molecule is O=C(CCN1CCN(C(=O)NC2CCCCC2)CC1)c1ccccc1. The molecule has 0 radical (unpaired) electrons. The first-order valence-corrected chi connectivity index (χ1v) is 9.58. The van der Waals surface area contributed by atoms with Crippen LogP contribution in [0, 0.1) is 0 Å². The topological polar surface area (TPSA) is 52.7 Å². The highest BCUT2D eigenvalue weighted by molar-refractivity contribution is 5.96. The average molecular weight is 343 g/mol. The standard InChI is InChI=1S/C20H29N3O2/c24-19(17-7-3-1-4-8-17)11-12-22-13-15-23(16-14-22)20(25)21-18-9-5-2-6-10-18/h1,3-4,7-8,18H,2,5-6,9-16H2,(H,21,25).